The first kappa shape index (κ1) is 18.4. The van der Waals surface area contributed by atoms with Gasteiger partial charge in [0, 0.05) is 18.0 Å². The number of fused-ring (bicyclic) bond motifs is 1. The molecule has 0 bridgehead atoms. The number of nitrogens with zero attached hydrogens (tertiary/aromatic N) is 3. The number of carbonyl (C=O) groups excluding carboxylic acids is 1. The Morgan fingerprint density at radius 2 is 2.15 bits per heavy atom. The van der Waals surface area contributed by atoms with Crippen LogP contribution in [0.15, 0.2) is 41.7 Å². The Kier molecular flexibility index (Phi) is 5.41. The molecule has 1 saturated heterocycles. The summed E-state index contributed by atoms with van der Waals surface area (Å²) in [5.74, 6) is 0.895. The van der Waals surface area contributed by atoms with Crippen LogP contribution in [-0.2, 0) is 4.79 Å². The number of likely N-dealkylation sites (tertiary alicyclic amines) is 1. The van der Waals surface area contributed by atoms with Crippen LogP contribution in [0.25, 0.3) is 20.7 Å². The maximum absolute atomic E-state index is 13.2. The van der Waals surface area contributed by atoms with E-state index in [-0.39, 0.29) is 11.7 Å². The van der Waals surface area contributed by atoms with Gasteiger partial charge in [-0.3, -0.25) is 4.79 Å². The zero-order valence-corrected chi connectivity index (χ0v) is 16.7. The van der Waals surface area contributed by atoms with Crippen molar-refractivity contribution in [3.05, 3.63) is 42.5 Å². The molecular weight excluding hydrogens is 381 g/mol. The zero-order valence-electron chi connectivity index (χ0n) is 15.0. The molecule has 3 aromatic rings. The van der Waals surface area contributed by atoms with Crippen molar-refractivity contribution in [3.63, 3.8) is 0 Å². The highest BCUT2D eigenvalue weighted by Crippen LogP contribution is 2.37. The Morgan fingerprint density at radius 3 is 2.93 bits per heavy atom. The number of benzene rings is 1. The minimum Gasteiger partial charge on any atom is -0.342 e. The van der Waals surface area contributed by atoms with E-state index in [0.29, 0.717) is 11.7 Å². The molecule has 4 nitrogen and oxygen atoms in total. The summed E-state index contributed by atoms with van der Waals surface area (Å²) in [5.41, 5.74) is 1.81. The van der Waals surface area contributed by atoms with Gasteiger partial charge in [-0.1, -0.05) is 30.8 Å². The molecule has 4 rings (SSSR count). The first-order valence-electron chi connectivity index (χ1n) is 9.01. The van der Waals surface area contributed by atoms with Gasteiger partial charge in [-0.05, 0) is 42.5 Å². The van der Waals surface area contributed by atoms with Crippen molar-refractivity contribution in [3.8, 4) is 10.4 Å². The normalized spacial score (nSPS) is 17.4. The predicted octanol–water partition coefficient (Wildman–Crippen LogP) is 4.85. The smallest absolute Gasteiger partial charge is 0.232 e. The number of rotatable bonds is 4. The Morgan fingerprint density at radius 1 is 1.33 bits per heavy atom. The number of halogens is 1. The SMILES string of the molecule is C[C@H]1CCCN(C(=O)CSc2ncnc3cc(-c4ccc(F)cc4)sc23)C1. The number of amides is 1. The monoisotopic (exact) mass is 401 g/mol. The third-order valence-electron chi connectivity index (χ3n) is 4.75. The number of carbonyl (C=O) groups is 1. The van der Waals surface area contributed by atoms with Gasteiger partial charge in [-0.2, -0.15) is 0 Å². The van der Waals surface area contributed by atoms with Gasteiger partial charge in [0.25, 0.3) is 0 Å². The average Bonchev–Trinajstić information content (AvgIpc) is 3.11. The van der Waals surface area contributed by atoms with Crippen molar-refractivity contribution < 1.29 is 9.18 Å². The van der Waals surface area contributed by atoms with Crippen molar-refractivity contribution in [1.29, 1.82) is 0 Å². The standard InChI is InChI=1S/C20H20FN3OS2/c1-13-3-2-8-24(10-13)18(25)11-26-20-19-16(22-12-23-20)9-17(27-19)14-4-6-15(21)7-5-14/h4-7,9,12-13H,2-3,8,10-11H2,1H3/t13-/m0/s1. The molecule has 1 atom stereocenters. The fourth-order valence-electron chi connectivity index (χ4n) is 3.33. The maximum atomic E-state index is 13.2. The molecule has 0 spiro atoms. The molecule has 2 aromatic heterocycles. The largest absolute Gasteiger partial charge is 0.342 e. The Hall–Kier alpha value is -1.99. The summed E-state index contributed by atoms with van der Waals surface area (Å²) in [6.45, 7) is 3.91. The number of hydrogen-bond donors (Lipinski definition) is 0. The first-order valence-corrected chi connectivity index (χ1v) is 10.8. The van der Waals surface area contributed by atoms with Gasteiger partial charge >= 0.3 is 0 Å². The van der Waals surface area contributed by atoms with Gasteiger partial charge in [0.15, 0.2) is 0 Å². The lowest BCUT2D eigenvalue weighted by Gasteiger charge is -2.30. The lowest BCUT2D eigenvalue weighted by atomic mass is 10.0. The number of thiophene rings is 1. The molecule has 0 unspecified atom stereocenters. The molecule has 7 heteroatoms. The van der Waals surface area contributed by atoms with Crippen LogP contribution >= 0.6 is 23.1 Å². The van der Waals surface area contributed by atoms with Crippen molar-refractivity contribution in [2.45, 2.75) is 24.8 Å². The summed E-state index contributed by atoms with van der Waals surface area (Å²) < 4.78 is 14.1. The van der Waals surface area contributed by atoms with Crippen LogP contribution in [-0.4, -0.2) is 39.6 Å². The lowest BCUT2D eigenvalue weighted by molar-refractivity contribution is -0.130. The molecule has 3 heterocycles. The fraction of sp³-hybridized carbons (Fsp3) is 0.350. The summed E-state index contributed by atoms with van der Waals surface area (Å²) in [6, 6.07) is 8.44. The quantitative estimate of drug-likeness (QED) is 0.463. The second-order valence-electron chi connectivity index (χ2n) is 6.89. The topological polar surface area (TPSA) is 46.1 Å². The van der Waals surface area contributed by atoms with E-state index in [2.05, 4.69) is 16.9 Å². The van der Waals surface area contributed by atoms with Gasteiger partial charge in [-0.15, -0.1) is 11.3 Å². The molecule has 27 heavy (non-hydrogen) atoms. The number of piperidine rings is 1. The summed E-state index contributed by atoms with van der Waals surface area (Å²) >= 11 is 3.05. The van der Waals surface area contributed by atoms with E-state index in [4.69, 9.17) is 0 Å². The van der Waals surface area contributed by atoms with Crippen molar-refractivity contribution in [2.75, 3.05) is 18.8 Å². The molecule has 1 aliphatic rings. The third-order valence-corrected chi connectivity index (χ3v) is 7.03. The van der Waals surface area contributed by atoms with Gasteiger partial charge in [0.2, 0.25) is 5.91 Å². The van der Waals surface area contributed by atoms with E-state index in [1.165, 1.54) is 30.3 Å². The minimum atomic E-state index is -0.249. The summed E-state index contributed by atoms with van der Waals surface area (Å²) in [7, 11) is 0. The molecule has 140 valence electrons. The van der Waals surface area contributed by atoms with Gasteiger partial charge in [0.1, 0.15) is 17.2 Å². The molecule has 1 amide bonds. The molecule has 0 aliphatic carbocycles. The predicted molar refractivity (Wildman–Crippen MR) is 109 cm³/mol. The Labute approximate surface area is 165 Å². The Balaban J connectivity index is 1.52. The number of hydrogen-bond acceptors (Lipinski definition) is 5. The zero-order chi connectivity index (χ0) is 18.8. The van der Waals surface area contributed by atoms with Crippen LogP contribution in [0.3, 0.4) is 0 Å². The van der Waals surface area contributed by atoms with Crippen molar-refractivity contribution >= 4 is 39.2 Å². The van der Waals surface area contributed by atoms with E-state index >= 15 is 0 Å². The second-order valence-corrected chi connectivity index (χ2v) is 8.90. The van der Waals surface area contributed by atoms with Gasteiger partial charge in [-0.25, -0.2) is 14.4 Å². The molecule has 1 aromatic carbocycles. The first-order chi connectivity index (χ1) is 13.1. The molecular formula is C20H20FN3OS2. The van der Waals surface area contributed by atoms with Crippen LogP contribution in [0.4, 0.5) is 4.39 Å². The average molecular weight is 402 g/mol. The van der Waals surface area contributed by atoms with Crippen molar-refractivity contribution in [1.82, 2.24) is 14.9 Å². The summed E-state index contributed by atoms with van der Waals surface area (Å²) in [5, 5.41) is 0.830. The summed E-state index contributed by atoms with van der Waals surface area (Å²) in [6.07, 6.45) is 3.82. The highest BCUT2D eigenvalue weighted by atomic mass is 32.2. The molecule has 0 N–H and O–H groups in total. The van der Waals surface area contributed by atoms with Crippen LogP contribution in [0.2, 0.25) is 0 Å². The molecule has 1 fully saturated rings. The number of aromatic nitrogens is 2. The minimum absolute atomic E-state index is 0.175. The van der Waals surface area contributed by atoms with Crippen molar-refractivity contribution in [2.24, 2.45) is 5.92 Å². The highest BCUT2D eigenvalue weighted by molar-refractivity contribution is 8.00. The Bertz CT molecular complexity index is 958. The van der Waals surface area contributed by atoms with E-state index < -0.39 is 0 Å². The highest BCUT2D eigenvalue weighted by Gasteiger charge is 2.21. The molecule has 1 aliphatic heterocycles. The lowest BCUT2D eigenvalue weighted by Crippen LogP contribution is -2.40. The van der Waals surface area contributed by atoms with E-state index in [1.807, 2.05) is 11.0 Å². The van der Waals surface area contributed by atoms with Crippen LogP contribution in [0, 0.1) is 11.7 Å². The molecule has 0 radical (unpaired) electrons. The van der Waals surface area contributed by atoms with Gasteiger partial charge in [0.05, 0.1) is 16.0 Å². The van der Waals surface area contributed by atoms with E-state index in [0.717, 1.165) is 45.2 Å². The van der Waals surface area contributed by atoms with Gasteiger partial charge < -0.3 is 4.90 Å². The second kappa shape index (κ2) is 7.94. The van der Waals surface area contributed by atoms with E-state index in [1.54, 1.807) is 29.8 Å². The van der Waals surface area contributed by atoms with E-state index in [9.17, 15) is 9.18 Å². The fourth-order valence-corrected chi connectivity index (χ4v) is 5.43. The summed E-state index contributed by atoms with van der Waals surface area (Å²) in [4.78, 5) is 24.3. The number of thioether (sulfide) groups is 1. The van der Waals surface area contributed by atoms with Crippen LogP contribution in [0.5, 0.6) is 0 Å². The molecule has 0 saturated carbocycles. The third kappa shape index (κ3) is 4.14. The van der Waals surface area contributed by atoms with Crippen LogP contribution in [0.1, 0.15) is 19.8 Å². The van der Waals surface area contributed by atoms with Crippen LogP contribution < -0.4 is 0 Å². The maximum Gasteiger partial charge on any atom is 0.232 e.